The number of rotatable bonds is 7. The molecule has 38 heavy (non-hydrogen) atoms. The van der Waals surface area contributed by atoms with Crippen molar-refractivity contribution in [2.45, 2.75) is 33.6 Å². The second-order valence-electron chi connectivity index (χ2n) is 9.32. The van der Waals surface area contributed by atoms with E-state index in [0.29, 0.717) is 39.9 Å². The molecule has 0 bridgehead atoms. The molecule has 0 unspecified atom stereocenters. The van der Waals surface area contributed by atoms with Crippen LogP contribution in [0.15, 0.2) is 87.1 Å². The third-order valence-electron chi connectivity index (χ3n) is 6.33. The van der Waals surface area contributed by atoms with Gasteiger partial charge in [-0.1, -0.05) is 37.6 Å². The molecule has 3 aromatic carbocycles. The van der Waals surface area contributed by atoms with Crippen molar-refractivity contribution in [3.05, 3.63) is 105 Å². The van der Waals surface area contributed by atoms with E-state index in [4.69, 9.17) is 25.7 Å². The number of hydrogen-bond acceptors (Lipinski definition) is 5. The molecule has 0 N–H and O–H groups in total. The molecule has 0 saturated heterocycles. The zero-order valence-electron chi connectivity index (χ0n) is 21.7. The number of furan rings is 1. The van der Waals surface area contributed by atoms with Gasteiger partial charge in [0, 0.05) is 16.1 Å². The first-order valence-electron chi connectivity index (χ1n) is 12.6. The van der Waals surface area contributed by atoms with Gasteiger partial charge in [0.25, 0.3) is 5.56 Å². The predicted molar refractivity (Wildman–Crippen MR) is 154 cm³/mol. The highest BCUT2D eigenvalue weighted by Crippen LogP contribution is 2.34. The number of hydrogen-bond donors (Lipinski definition) is 0. The van der Waals surface area contributed by atoms with Gasteiger partial charge in [0.1, 0.15) is 17.3 Å². The molecule has 2 heterocycles. The van der Waals surface area contributed by atoms with Crippen LogP contribution in [0.4, 0.5) is 0 Å². The van der Waals surface area contributed by atoms with Crippen LogP contribution in [-0.4, -0.2) is 22.5 Å². The molecule has 0 spiro atoms. The fourth-order valence-electron chi connectivity index (χ4n) is 4.38. The summed E-state index contributed by atoms with van der Waals surface area (Å²) in [5.74, 6) is 2.70. The Morgan fingerprint density at radius 3 is 2.58 bits per heavy atom. The molecule has 192 valence electrons. The van der Waals surface area contributed by atoms with Crippen LogP contribution < -0.4 is 10.3 Å². The molecule has 0 radical (unpaired) electrons. The third kappa shape index (κ3) is 5.00. The first-order chi connectivity index (χ1) is 18.4. The maximum Gasteiger partial charge on any atom is 0.282 e. The molecule has 0 fully saturated rings. The molecule has 2 aromatic heterocycles. The van der Waals surface area contributed by atoms with Crippen LogP contribution in [0, 0.1) is 6.92 Å². The maximum atomic E-state index is 13.6. The molecule has 0 atom stereocenters. The SMILES string of the molecule is CCOc1cc(C)c(-c2nc3ccccc3c(=O)n2N=Cc2ccc(-c3ccc(Cl)cc3)o2)cc1C(C)C. The zero-order chi connectivity index (χ0) is 26.8. The van der Waals surface area contributed by atoms with Crippen molar-refractivity contribution < 1.29 is 9.15 Å². The number of fused-ring (bicyclic) bond motifs is 1. The lowest BCUT2D eigenvalue weighted by molar-refractivity contribution is 0.335. The molecule has 5 rings (SSSR count). The number of ether oxygens (including phenoxy) is 1. The van der Waals surface area contributed by atoms with E-state index in [2.05, 4.69) is 25.0 Å². The molecule has 5 aromatic rings. The normalized spacial score (nSPS) is 11.6. The summed E-state index contributed by atoms with van der Waals surface area (Å²) in [6.07, 6.45) is 1.54. The van der Waals surface area contributed by atoms with Gasteiger partial charge < -0.3 is 9.15 Å². The van der Waals surface area contributed by atoms with Gasteiger partial charge in [-0.25, -0.2) is 4.98 Å². The molecular weight excluding hydrogens is 498 g/mol. The molecule has 6 nitrogen and oxygen atoms in total. The smallest absolute Gasteiger partial charge is 0.282 e. The van der Waals surface area contributed by atoms with Crippen LogP contribution in [0.5, 0.6) is 5.75 Å². The largest absolute Gasteiger partial charge is 0.494 e. The highest BCUT2D eigenvalue weighted by Gasteiger charge is 2.18. The lowest BCUT2D eigenvalue weighted by Crippen LogP contribution is -2.20. The van der Waals surface area contributed by atoms with Gasteiger partial charge in [-0.2, -0.15) is 9.78 Å². The lowest BCUT2D eigenvalue weighted by atomic mass is 9.96. The summed E-state index contributed by atoms with van der Waals surface area (Å²) in [6, 6.07) is 22.4. The first kappa shape index (κ1) is 25.5. The highest BCUT2D eigenvalue weighted by molar-refractivity contribution is 6.30. The quantitative estimate of drug-likeness (QED) is 0.204. The van der Waals surface area contributed by atoms with Crippen molar-refractivity contribution in [1.29, 1.82) is 0 Å². The van der Waals surface area contributed by atoms with Crippen molar-refractivity contribution in [1.82, 2.24) is 9.66 Å². The fourth-order valence-corrected chi connectivity index (χ4v) is 4.51. The van der Waals surface area contributed by atoms with E-state index >= 15 is 0 Å². The van der Waals surface area contributed by atoms with E-state index in [9.17, 15) is 4.79 Å². The zero-order valence-corrected chi connectivity index (χ0v) is 22.5. The summed E-state index contributed by atoms with van der Waals surface area (Å²) in [7, 11) is 0. The molecule has 0 aliphatic heterocycles. The monoisotopic (exact) mass is 525 g/mol. The van der Waals surface area contributed by atoms with Crippen molar-refractivity contribution in [3.63, 3.8) is 0 Å². The van der Waals surface area contributed by atoms with E-state index < -0.39 is 0 Å². The Bertz CT molecular complexity index is 1700. The van der Waals surface area contributed by atoms with E-state index in [1.165, 1.54) is 10.9 Å². The molecule has 0 aliphatic carbocycles. The predicted octanol–water partition coefficient (Wildman–Crippen LogP) is 7.69. The van der Waals surface area contributed by atoms with Crippen molar-refractivity contribution in [3.8, 4) is 28.5 Å². The van der Waals surface area contributed by atoms with Crippen molar-refractivity contribution in [2.24, 2.45) is 5.10 Å². The van der Waals surface area contributed by atoms with Gasteiger partial charge in [0.2, 0.25) is 0 Å². The van der Waals surface area contributed by atoms with Crippen LogP contribution in [-0.2, 0) is 0 Å². The van der Waals surface area contributed by atoms with E-state index in [1.807, 2.05) is 74.5 Å². The van der Waals surface area contributed by atoms with E-state index in [1.54, 1.807) is 6.07 Å². The number of aromatic nitrogens is 2. The fraction of sp³-hybridized carbons (Fsp3) is 0.194. The van der Waals surface area contributed by atoms with E-state index in [-0.39, 0.29) is 11.5 Å². The van der Waals surface area contributed by atoms with Gasteiger partial charge in [0.05, 0.1) is 23.7 Å². The van der Waals surface area contributed by atoms with Gasteiger partial charge in [-0.3, -0.25) is 4.79 Å². The maximum absolute atomic E-state index is 13.6. The lowest BCUT2D eigenvalue weighted by Gasteiger charge is -2.18. The van der Waals surface area contributed by atoms with Gasteiger partial charge in [0.15, 0.2) is 5.82 Å². The first-order valence-corrected chi connectivity index (χ1v) is 12.9. The summed E-state index contributed by atoms with van der Waals surface area (Å²) in [5, 5.41) is 5.71. The summed E-state index contributed by atoms with van der Waals surface area (Å²) < 4.78 is 13.2. The Hall–Kier alpha value is -4.16. The molecular formula is C31H28ClN3O3. The topological polar surface area (TPSA) is 69.6 Å². The molecule has 0 aliphatic rings. The number of para-hydroxylation sites is 1. The summed E-state index contributed by atoms with van der Waals surface area (Å²) in [4.78, 5) is 18.5. The second kappa shape index (κ2) is 10.7. The Morgan fingerprint density at radius 2 is 1.84 bits per heavy atom. The minimum atomic E-state index is -0.259. The van der Waals surface area contributed by atoms with Gasteiger partial charge >= 0.3 is 0 Å². The second-order valence-corrected chi connectivity index (χ2v) is 9.75. The molecule has 7 heteroatoms. The summed E-state index contributed by atoms with van der Waals surface area (Å²) in [6.45, 7) is 8.76. The van der Waals surface area contributed by atoms with Gasteiger partial charge in [-0.05, 0) is 91.6 Å². The Morgan fingerprint density at radius 1 is 1.08 bits per heavy atom. The highest BCUT2D eigenvalue weighted by atomic mass is 35.5. The summed E-state index contributed by atoms with van der Waals surface area (Å²) in [5.41, 5.74) is 4.05. The van der Waals surface area contributed by atoms with Gasteiger partial charge in [-0.15, -0.1) is 0 Å². The summed E-state index contributed by atoms with van der Waals surface area (Å²) >= 11 is 6.01. The molecule has 0 saturated carbocycles. The average molecular weight is 526 g/mol. The Labute approximate surface area is 226 Å². The van der Waals surface area contributed by atoms with Crippen LogP contribution in [0.2, 0.25) is 5.02 Å². The number of nitrogens with zero attached hydrogens (tertiary/aromatic N) is 3. The average Bonchev–Trinajstić information content (AvgIpc) is 3.38. The van der Waals surface area contributed by atoms with Crippen LogP contribution in [0.1, 0.15) is 43.6 Å². The Kier molecular flexibility index (Phi) is 7.16. The minimum Gasteiger partial charge on any atom is -0.494 e. The van der Waals surface area contributed by atoms with Crippen LogP contribution >= 0.6 is 11.6 Å². The minimum absolute atomic E-state index is 0.217. The van der Waals surface area contributed by atoms with Crippen molar-refractivity contribution >= 4 is 28.7 Å². The Balaban J connectivity index is 1.64. The van der Waals surface area contributed by atoms with Crippen molar-refractivity contribution in [2.75, 3.05) is 6.61 Å². The number of aryl methyl sites for hydroxylation is 1. The van der Waals surface area contributed by atoms with E-state index in [0.717, 1.165) is 28.0 Å². The standard InChI is InChI=1S/C31H28ClN3O3/c1-5-37-29-16-20(4)26(17-25(29)19(2)3)30-34-27-9-7-6-8-24(27)31(36)35(30)33-18-23-14-15-28(38-23)21-10-12-22(32)13-11-21/h6-19H,5H2,1-4H3. The number of halogens is 1. The number of benzene rings is 3. The van der Waals surface area contributed by atoms with Crippen LogP contribution in [0.25, 0.3) is 33.6 Å². The molecule has 0 amide bonds. The third-order valence-corrected chi connectivity index (χ3v) is 6.58. The van der Waals surface area contributed by atoms with Crippen LogP contribution in [0.3, 0.4) is 0 Å².